The van der Waals surface area contributed by atoms with Gasteiger partial charge in [-0.05, 0) is 36.4 Å². The maximum Gasteiger partial charge on any atom is 0.263 e. The summed E-state index contributed by atoms with van der Waals surface area (Å²) < 4.78 is 50.5. The van der Waals surface area contributed by atoms with E-state index in [9.17, 15) is 16.8 Å². The monoisotopic (exact) mass is 350 g/mol. The minimum atomic E-state index is -3.93. The van der Waals surface area contributed by atoms with Gasteiger partial charge >= 0.3 is 0 Å². The lowest BCUT2D eigenvalue weighted by molar-refractivity contribution is 0.597. The Morgan fingerprint density at radius 1 is 1.00 bits per heavy atom. The third-order valence-corrected chi connectivity index (χ3v) is 6.33. The number of sulfone groups is 1. The SMILES string of the molecule is CCS(=O)(=O)c1ccc(NS(=O)(=O)c2ccccc2C#N)cc1. The van der Waals surface area contributed by atoms with Crippen molar-refractivity contribution in [2.24, 2.45) is 0 Å². The van der Waals surface area contributed by atoms with E-state index in [0.717, 1.165) is 0 Å². The Labute approximate surface area is 135 Å². The topological polar surface area (TPSA) is 104 Å². The Balaban J connectivity index is 2.34. The molecule has 0 aromatic heterocycles. The van der Waals surface area contributed by atoms with Crippen LogP contribution in [0.2, 0.25) is 0 Å². The van der Waals surface area contributed by atoms with Crippen LogP contribution < -0.4 is 4.72 Å². The molecular formula is C15H14N2O4S2. The number of rotatable bonds is 5. The molecule has 0 bridgehead atoms. The molecule has 1 N–H and O–H groups in total. The van der Waals surface area contributed by atoms with Gasteiger partial charge in [-0.15, -0.1) is 0 Å². The number of nitrogens with zero attached hydrogens (tertiary/aromatic N) is 1. The molecule has 0 amide bonds. The standard InChI is InChI=1S/C15H14N2O4S2/c1-2-22(18,19)14-9-7-13(8-10-14)17-23(20,21)15-6-4-3-5-12(15)11-16/h3-10,17H,2H2,1H3. The van der Waals surface area contributed by atoms with Gasteiger partial charge in [0.1, 0.15) is 11.0 Å². The first kappa shape index (κ1) is 17.0. The van der Waals surface area contributed by atoms with Crippen molar-refractivity contribution in [3.63, 3.8) is 0 Å². The number of nitriles is 1. The lowest BCUT2D eigenvalue weighted by Gasteiger charge is -2.10. The summed E-state index contributed by atoms with van der Waals surface area (Å²) in [4.78, 5) is -0.00636. The second-order valence-electron chi connectivity index (χ2n) is 4.64. The summed E-state index contributed by atoms with van der Waals surface area (Å²) in [6.45, 7) is 1.53. The molecular weight excluding hydrogens is 336 g/mol. The molecule has 120 valence electrons. The van der Waals surface area contributed by atoms with E-state index in [2.05, 4.69) is 4.72 Å². The van der Waals surface area contributed by atoms with Gasteiger partial charge in [0.15, 0.2) is 9.84 Å². The molecule has 0 saturated carbocycles. The summed E-state index contributed by atoms with van der Waals surface area (Å²) in [5, 5.41) is 8.99. The third kappa shape index (κ3) is 3.70. The average Bonchev–Trinajstić information content (AvgIpc) is 2.55. The van der Waals surface area contributed by atoms with E-state index in [1.807, 2.05) is 6.07 Å². The van der Waals surface area contributed by atoms with Gasteiger partial charge in [0, 0.05) is 5.69 Å². The Morgan fingerprint density at radius 3 is 2.17 bits per heavy atom. The van der Waals surface area contributed by atoms with Gasteiger partial charge in [0.2, 0.25) is 0 Å². The lowest BCUT2D eigenvalue weighted by atomic mass is 10.2. The predicted octanol–water partition coefficient (Wildman–Crippen LogP) is 2.15. The van der Waals surface area contributed by atoms with E-state index in [-0.39, 0.29) is 26.8 Å². The average molecular weight is 350 g/mol. The third-order valence-electron chi connectivity index (χ3n) is 3.14. The summed E-state index contributed by atoms with van der Waals surface area (Å²) in [5.74, 6) is -0.0341. The van der Waals surface area contributed by atoms with E-state index in [1.165, 1.54) is 49.4 Å². The summed E-state index contributed by atoms with van der Waals surface area (Å²) in [6, 6.07) is 13.1. The zero-order valence-electron chi connectivity index (χ0n) is 12.2. The van der Waals surface area contributed by atoms with Crippen molar-refractivity contribution in [3.8, 4) is 6.07 Å². The first-order valence-electron chi connectivity index (χ1n) is 6.65. The van der Waals surface area contributed by atoms with Crippen LogP contribution in [0.5, 0.6) is 0 Å². The van der Waals surface area contributed by atoms with Crippen LogP contribution in [0.4, 0.5) is 5.69 Å². The molecule has 6 nitrogen and oxygen atoms in total. The van der Waals surface area contributed by atoms with Gasteiger partial charge in [-0.1, -0.05) is 19.1 Å². The number of benzene rings is 2. The van der Waals surface area contributed by atoms with Crippen molar-refractivity contribution in [1.29, 1.82) is 5.26 Å². The van der Waals surface area contributed by atoms with Crippen LogP contribution in [-0.2, 0) is 19.9 Å². The maximum atomic E-state index is 12.3. The molecule has 8 heteroatoms. The van der Waals surface area contributed by atoms with Crippen molar-refractivity contribution in [1.82, 2.24) is 0 Å². The van der Waals surface area contributed by atoms with Crippen LogP contribution in [0.15, 0.2) is 58.3 Å². The number of sulfonamides is 1. The largest absolute Gasteiger partial charge is 0.280 e. The molecule has 0 radical (unpaired) electrons. The van der Waals surface area contributed by atoms with Crippen molar-refractivity contribution in [3.05, 3.63) is 54.1 Å². The van der Waals surface area contributed by atoms with Crippen LogP contribution in [0.25, 0.3) is 0 Å². The molecule has 2 aromatic carbocycles. The number of hydrogen-bond acceptors (Lipinski definition) is 5. The van der Waals surface area contributed by atoms with Crippen LogP contribution in [-0.4, -0.2) is 22.6 Å². The van der Waals surface area contributed by atoms with Crippen molar-refractivity contribution < 1.29 is 16.8 Å². The van der Waals surface area contributed by atoms with E-state index < -0.39 is 19.9 Å². The van der Waals surface area contributed by atoms with Crippen LogP contribution in [0.3, 0.4) is 0 Å². The predicted molar refractivity (Wildman–Crippen MR) is 86.1 cm³/mol. The molecule has 2 rings (SSSR count). The first-order valence-corrected chi connectivity index (χ1v) is 9.78. The second kappa shape index (κ2) is 6.40. The van der Waals surface area contributed by atoms with Crippen LogP contribution in [0.1, 0.15) is 12.5 Å². The van der Waals surface area contributed by atoms with Crippen LogP contribution >= 0.6 is 0 Å². The molecule has 0 heterocycles. The molecule has 0 spiro atoms. The highest BCUT2D eigenvalue weighted by Gasteiger charge is 2.18. The summed E-state index contributed by atoms with van der Waals surface area (Å²) in [6.07, 6.45) is 0. The van der Waals surface area contributed by atoms with Gasteiger partial charge in [0.25, 0.3) is 10.0 Å². The zero-order chi connectivity index (χ0) is 17.1. The Bertz CT molecular complexity index is 957. The Hall–Kier alpha value is -2.37. The minimum absolute atomic E-state index is 0.0326. The fraction of sp³-hybridized carbons (Fsp3) is 0.133. The lowest BCUT2D eigenvalue weighted by Crippen LogP contribution is -2.14. The van der Waals surface area contributed by atoms with Crippen LogP contribution in [0, 0.1) is 11.3 Å². The smallest absolute Gasteiger partial charge is 0.263 e. The van der Waals surface area contributed by atoms with Crippen molar-refractivity contribution in [2.75, 3.05) is 10.5 Å². The van der Waals surface area contributed by atoms with Gasteiger partial charge in [-0.3, -0.25) is 4.72 Å². The van der Waals surface area contributed by atoms with E-state index >= 15 is 0 Å². The summed E-state index contributed by atoms with van der Waals surface area (Å²) >= 11 is 0. The van der Waals surface area contributed by atoms with Crippen molar-refractivity contribution >= 4 is 25.5 Å². The summed E-state index contributed by atoms with van der Waals surface area (Å²) in [7, 11) is -7.27. The van der Waals surface area contributed by atoms with Gasteiger partial charge < -0.3 is 0 Å². The molecule has 0 aliphatic rings. The highest BCUT2D eigenvalue weighted by Crippen LogP contribution is 2.21. The van der Waals surface area contributed by atoms with Crippen molar-refractivity contribution in [2.45, 2.75) is 16.7 Å². The van der Waals surface area contributed by atoms with E-state index in [1.54, 1.807) is 6.07 Å². The molecule has 0 aliphatic heterocycles. The molecule has 23 heavy (non-hydrogen) atoms. The fourth-order valence-electron chi connectivity index (χ4n) is 1.90. The molecule has 0 aliphatic carbocycles. The molecule has 2 aromatic rings. The first-order chi connectivity index (χ1) is 10.8. The minimum Gasteiger partial charge on any atom is -0.280 e. The quantitative estimate of drug-likeness (QED) is 0.890. The molecule has 0 fully saturated rings. The maximum absolute atomic E-state index is 12.3. The Kier molecular flexibility index (Phi) is 4.73. The number of hydrogen-bond donors (Lipinski definition) is 1. The number of nitrogens with one attached hydrogen (secondary N) is 1. The normalized spacial score (nSPS) is 11.7. The highest BCUT2D eigenvalue weighted by molar-refractivity contribution is 7.92. The van der Waals surface area contributed by atoms with E-state index in [4.69, 9.17) is 5.26 Å². The fourth-order valence-corrected chi connectivity index (χ4v) is 4.00. The second-order valence-corrected chi connectivity index (χ2v) is 8.57. The highest BCUT2D eigenvalue weighted by atomic mass is 32.2. The zero-order valence-corrected chi connectivity index (χ0v) is 13.9. The molecule has 0 saturated heterocycles. The molecule has 0 unspecified atom stereocenters. The van der Waals surface area contributed by atoms with Gasteiger partial charge in [-0.2, -0.15) is 5.26 Å². The molecule has 0 atom stereocenters. The van der Waals surface area contributed by atoms with E-state index in [0.29, 0.717) is 0 Å². The summed E-state index contributed by atoms with van der Waals surface area (Å²) in [5.41, 5.74) is 0.248. The number of anilines is 1. The van der Waals surface area contributed by atoms with Gasteiger partial charge in [-0.25, -0.2) is 16.8 Å². The Morgan fingerprint density at radius 2 is 1.61 bits per heavy atom. The van der Waals surface area contributed by atoms with Gasteiger partial charge in [0.05, 0.1) is 16.2 Å².